The summed E-state index contributed by atoms with van der Waals surface area (Å²) < 4.78 is 11.1. The number of anilines is 1. The number of carbonyl (C=O) groups is 1. The Kier molecular flexibility index (Phi) is 7.57. The number of hydrogen-bond acceptors (Lipinski definition) is 3. The summed E-state index contributed by atoms with van der Waals surface area (Å²) in [7, 11) is 1.62. The summed E-state index contributed by atoms with van der Waals surface area (Å²) in [5.74, 6) is 0.591. The fourth-order valence-corrected chi connectivity index (χ4v) is 2.47. The van der Waals surface area contributed by atoms with Crippen LogP contribution in [0.2, 0.25) is 5.02 Å². The minimum atomic E-state index is -0.346. The SMILES string of the molecule is CCCOc1ccc(Cl)cc1NC(=O)NCC(OC)c1ccccc1. The second-order valence-electron chi connectivity index (χ2n) is 5.46. The molecule has 2 amide bonds. The number of nitrogens with one attached hydrogen (secondary N) is 2. The van der Waals surface area contributed by atoms with E-state index in [0.717, 1.165) is 12.0 Å². The van der Waals surface area contributed by atoms with E-state index < -0.39 is 0 Å². The number of halogens is 1. The molecule has 1 atom stereocenters. The number of amides is 2. The molecular weight excluding hydrogens is 340 g/mol. The van der Waals surface area contributed by atoms with Crippen LogP contribution >= 0.6 is 11.6 Å². The van der Waals surface area contributed by atoms with Crippen LogP contribution < -0.4 is 15.4 Å². The van der Waals surface area contributed by atoms with Crippen LogP contribution in [-0.2, 0) is 4.74 Å². The summed E-state index contributed by atoms with van der Waals surface area (Å²) in [5.41, 5.74) is 1.53. The molecule has 134 valence electrons. The van der Waals surface area contributed by atoms with Crippen LogP contribution in [0, 0.1) is 0 Å². The third-order valence-corrected chi connectivity index (χ3v) is 3.79. The van der Waals surface area contributed by atoms with Gasteiger partial charge in [0.2, 0.25) is 0 Å². The summed E-state index contributed by atoms with van der Waals surface area (Å²) in [6.45, 7) is 2.93. The number of methoxy groups -OCH3 is 1. The van der Waals surface area contributed by atoms with Gasteiger partial charge in [0.1, 0.15) is 5.75 Å². The van der Waals surface area contributed by atoms with Gasteiger partial charge in [-0.2, -0.15) is 0 Å². The lowest BCUT2D eigenvalue weighted by Gasteiger charge is -2.17. The molecule has 0 spiro atoms. The standard InChI is InChI=1S/C19H23ClN2O3/c1-3-11-25-17-10-9-15(20)12-16(17)22-19(23)21-13-18(24-2)14-7-5-4-6-8-14/h4-10,12,18H,3,11,13H2,1-2H3,(H2,21,22,23). The molecule has 0 radical (unpaired) electrons. The van der Waals surface area contributed by atoms with Crippen molar-refractivity contribution >= 4 is 23.3 Å². The lowest BCUT2D eigenvalue weighted by atomic mass is 10.1. The summed E-state index contributed by atoms with van der Waals surface area (Å²) in [6, 6.07) is 14.5. The molecule has 2 rings (SSSR count). The number of rotatable bonds is 8. The highest BCUT2D eigenvalue weighted by Gasteiger charge is 2.13. The second-order valence-corrected chi connectivity index (χ2v) is 5.90. The van der Waals surface area contributed by atoms with Gasteiger partial charge in [0.15, 0.2) is 0 Å². The highest BCUT2D eigenvalue weighted by molar-refractivity contribution is 6.31. The number of ether oxygens (including phenoxy) is 2. The van der Waals surface area contributed by atoms with Gasteiger partial charge in [0.25, 0.3) is 0 Å². The minimum Gasteiger partial charge on any atom is -0.491 e. The number of urea groups is 1. The van der Waals surface area contributed by atoms with Crippen molar-refractivity contribution < 1.29 is 14.3 Å². The van der Waals surface area contributed by atoms with Crippen molar-refractivity contribution in [3.63, 3.8) is 0 Å². The van der Waals surface area contributed by atoms with Crippen molar-refractivity contribution in [3.05, 3.63) is 59.1 Å². The maximum absolute atomic E-state index is 12.2. The van der Waals surface area contributed by atoms with Gasteiger partial charge in [0, 0.05) is 18.7 Å². The zero-order valence-corrected chi connectivity index (χ0v) is 15.2. The fourth-order valence-electron chi connectivity index (χ4n) is 2.29. The highest BCUT2D eigenvalue weighted by Crippen LogP contribution is 2.28. The molecule has 0 heterocycles. The molecule has 0 aliphatic carbocycles. The average Bonchev–Trinajstić information content (AvgIpc) is 2.62. The van der Waals surface area contributed by atoms with Crippen LogP contribution in [0.4, 0.5) is 10.5 Å². The van der Waals surface area contributed by atoms with E-state index in [1.165, 1.54) is 0 Å². The van der Waals surface area contributed by atoms with E-state index in [-0.39, 0.29) is 12.1 Å². The number of hydrogen-bond donors (Lipinski definition) is 2. The molecule has 0 saturated heterocycles. The predicted molar refractivity (Wildman–Crippen MR) is 100 cm³/mol. The van der Waals surface area contributed by atoms with Crippen LogP contribution in [0.25, 0.3) is 0 Å². The second kappa shape index (κ2) is 9.91. The smallest absolute Gasteiger partial charge is 0.319 e. The monoisotopic (exact) mass is 362 g/mol. The van der Waals surface area contributed by atoms with E-state index in [4.69, 9.17) is 21.1 Å². The lowest BCUT2D eigenvalue weighted by Crippen LogP contribution is -2.33. The molecule has 0 aliphatic heterocycles. The molecule has 0 aliphatic rings. The quantitative estimate of drug-likeness (QED) is 0.719. The van der Waals surface area contributed by atoms with Gasteiger partial charge >= 0.3 is 6.03 Å². The van der Waals surface area contributed by atoms with E-state index in [1.54, 1.807) is 25.3 Å². The molecule has 2 aromatic carbocycles. The Labute approximate surface area is 153 Å². The van der Waals surface area contributed by atoms with E-state index in [9.17, 15) is 4.79 Å². The van der Waals surface area contributed by atoms with Gasteiger partial charge in [-0.1, -0.05) is 48.9 Å². The van der Waals surface area contributed by atoms with Gasteiger partial charge in [-0.05, 0) is 30.2 Å². The third kappa shape index (κ3) is 5.96. The van der Waals surface area contributed by atoms with Crippen molar-refractivity contribution in [2.75, 3.05) is 25.6 Å². The zero-order valence-electron chi connectivity index (χ0n) is 14.4. The third-order valence-electron chi connectivity index (χ3n) is 3.56. The molecule has 2 N–H and O–H groups in total. The van der Waals surface area contributed by atoms with Gasteiger partial charge in [-0.15, -0.1) is 0 Å². The first kappa shape index (κ1) is 19.1. The van der Waals surface area contributed by atoms with Gasteiger partial charge < -0.3 is 20.1 Å². The first-order valence-electron chi connectivity index (χ1n) is 8.19. The average molecular weight is 363 g/mol. The van der Waals surface area contributed by atoms with Crippen LogP contribution in [0.5, 0.6) is 5.75 Å². The maximum atomic E-state index is 12.2. The lowest BCUT2D eigenvalue weighted by molar-refractivity contribution is 0.104. The van der Waals surface area contributed by atoms with Crippen molar-refractivity contribution in [1.82, 2.24) is 5.32 Å². The van der Waals surface area contributed by atoms with Crippen molar-refractivity contribution in [2.45, 2.75) is 19.4 Å². The van der Waals surface area contributed by atoms with Gasteiger partial charge in [0.05, 0.1) is 18.4 Å². The summed E-state index contributed by atoms with van der Waals surface area (Å²) in [4.78, 5) is 12.2. The summed E-state index contributed by atoms with van der Waals surface area (Å²) >= 11 is 6.02. The Hall–Kier alpha value is -2.24. The van der Waals surface area contributed by atoms with E-state index in [1.807, 2.05) is 37.3 Å². The molecular formula is C19H23ClN2O3. The van der Waals surface area contributed by atoms with Crippen LogP contribution in [-0.4, -0.2) is 26.3 Å². The Bertz CT molecular complexity index is 680. The molecule has 1 unspecified atom stereocenters. The predicted octanol–water partition coefficient (Wildman–Crippen LogP) is 4.64. The van der Waals surface area contributed by atoms with E-state index >= 15 is 0 Å². The van der Waals surface area contributed by atoms with Crippen molar-refractivity contribution in [1.29, 1.82) is 0 Å². The minimum absolute atomic E-state index is 0.220. The van der Waals surface area contributed by atoms with Crippen LogP contribution in [0.15, 0.2) is 48.5 Å². The molecule has 0 bridgehead atoms. The van der Waals surface area contributed by atoms with Crippen LogP contribution in [0.3, 0.4) is 0 Å². The van der Waals surface area contributed by atoms with Gasteiger partial charge in [-0.3, -0.25) is 0 Å². The van der Waals surface area contributed by atoms with E-state index in [0.29, 0.717) is 29.6 Å². The topological polar surface area (TPSA) is 59.6 Å². The molecule has 25 heavy (non-hydrogen) atoms. The Morgan fingerprint density at radius 3 is 2.64 bits per heavy atom. The van der Waals surface area contributed by atoms with Crippen molar-refractivity contribution in [3.8, 4) is 5.75 Å². The highest BCUT2D eigenvalue weighted by atomic mass is 35.5. The van der Waals surface area contributed by atoms with Crippen molar-refractivity contribution in [2.24, 2.45) is 0 Å². The molecule has 5 nitrogen and oxygen atoms in total. The maximum Gasteiger partial charge on any atom is 0.319 e. The summed E-state index contributed by atoms with van der Waals surface area (Å²) in [5, 5.41) is 6.11. The first-order valence-corrected chi connectivity index (χ1v) is 8.56. The normalized spacial score (nSPS) is 11.6. The Balaban J connectivity index is 1.96. The Morgan fingerprint density at radius 2 is 1.96 bits per heavy atom. The molecule has 2 aromatic rings. The molecule has 0 saturated carbocycles. The summed E-state index contributed by atoms with van der Waals surface area (Å²) in [6.07, 6.45) is 0.656. The number of carbonyl (C=O) groups excluding carboxylic acids is 1. The Morgan fingerprint density at radius 1 is 1.20 bits per heavy atom. The van der Waals surface area contributed by atoms with E-state index in [2.05, 4.69) is 10.6 Å². The fraction of sp³-hybridized carbons (Fsp3) is 0.316. The molecule has 0 fully saturated rings. The largest absolute Gasteiger partial charge is 0.491 e. The van der Waals surface area contributed by atoms with Gasteiger partial charge in [-0.25, -0.2) is 4.79 Å². The van der Waals surface area contributed by atoms with Crippen LogP contribution in [0.1, 0.15) is 25.0 Å². The molecule has 0 aromatic heterocycles. The number of benzene rings is 2. The molecule has 6 heteroatoms. The first-order chi connectivity index (χ1) is 12.1. The zero-order chi connectivity index (χ0) is 18.1.